The van der Waals surface area contributed by atoms with Gasteiger partial charge >= 0.3 is 0 Å². The molecule has 1 saturated heterocycles. The van der Waals surface area contributed by atoms with Crippen LogP contribution in [0.5, 0.6) is 0 Å². The molecule has 0 unspecified atom stereocenters. The molecule has 0 spiro atoms. The van der Waals surface area contributed by atoms with Crippen molar-refractivity contribution < 1.29 is 4.74 Å². The summed E-state index contributed by atoms with van der Waals surface area (Å²) in [5, 5.41) is 8.87. The van der Waals surface area contributed by atoms with Crippen molar-refractivity contribution >= 4 is 0 Å². The molecule has 112 valence electrons. The molecule has 1 aliphatic carbocycles. The predicted molar refractivity (Wildman–Crippen MR) is 81.2 cm³/mol. The Bertz CT molecular complexity index is 366. The Morgan fingerprint density at radius 1 is 1.40 bits per heavy atom. The molecule has 0 bridgehead atoms. The summed E-state index contributed by atoms with van der Waals surface area (Å²) in [5.74, 6) is 2.10. The van der Waals surface area contributed by atoms with Crippen LogP contribution in [0.4, 0.5) is 0 Å². The summed E-state index contributed by atoms with van der Waals surface area (Å²) in [6.07, 6.45) is 6.76. The number of nitrogens with zero attached hydrogens (tertiary/aromatic N) is 2. The first kappa shape index (κ1) is 15.5. The normalized spacial score (nSPS) is 30.3. The molecule has 0 aromatic carbocycles. The topological polar surface area (TPSA) is 36.3 Å². The zero-order valence-corrected chi connectivity index (χ0v) is 13.0. The molecule has 1 fully saturated rings. The van der Waals surface area contributed by atoms with Crippen LogP contribution in [-0.4, -0.2) is 37.7 Å². The Morgan fingerprint density at radius 2 is 2.25 bits per heavy atom. The van der Waals surface area contributed by atoms with Gasteiger partial charge in [0.1, 0.15) is 0 Å². The van der Waals surface area contributed by atoms with Gasteiger partial charge in [0.05, 0.1) is 12.7 Å². The second-order valence-corrected chi connectivity index (χ2v) is 6.51. The number of hydrogen-bond donors (Lipinski definition) is 0. The van der Waals surface area contributed by atoms with E-state index in [1.54, 1.807) is 5.57 Å². The zero-order chi connectivity index (χ0) is 14.4. The van der Waals surface area contributed by atoms with Gasteiger partial charge < -0.3 is 9.64 Å². The maximum atomic E-state index is 8.87. The molecule has 2 rings (SSSR count). The van der Waals surface area contributed by atoms with Gasteiger partial charge in [-0.05, 0) is 43.9 Å². The van der Waals surface area contributed by atoms with Crippen LogP contribution >= 0.6 is 0 Å². The number of rotatable bonds is 6. The van der Waals surface area contributed by atoms with Gasteiger partial charge in [-0.15, -0.1) is 0 Å². The van der Waals surface area contributed by atoms with Crippen molar-refractivity contribution in [3.63, 3.8) is 0 Å². The van der Waals surface area contributed by atoms with Gasteiger partial charge in [0.15, 0.2) is 0 Å². The largest absolute Gasteiger partial charge is 0.381 e. The van der Waals surface area contributed by atoms with E-state index >= 15 is 0 Å². The number of hydrogen-bond acceptors (Lipinski definition) is 3. The van der Waals surface area contributed by atoms with Gasteiger partial charge in [-0.2, -0.15) is 5.26 Å². The fourth-order valence-electron chi connectivity index (χ4n) is 3.54. The van der Waals surface area contributed by atoms with E-state index in [9.17, 15) is 0 Å². The minimum absolute atomic E-state index is 0.636. The first-order valence-corrected chi connectivity index (χ1v) is 8.04. The van der Waals surface area contributed by atoms with Gasteiger partial charge in [0, 0.05) is 32.7 Å². The third-order valence-corrected chi connectivity index (χ3v) is 4.90. The van der Waals surface area contributed by atoms with Crippen molar-refractivity contribution in [3.8, 4) is 6.07 Å². The van der Waals surface area contributed by atoms with Gasteiger partial charge in [-0.25, -0.2) is 0 Å². The Balaban J connectivity index is 1.93. The van der Waals surface area contributed by atoms with Gasteiger partial charge in [0.25, 0.3) is 0 Å². The average Bonchev–Trinajstić information content (AvgIpc) is 2.93. The maximum Gasteiger partial charge on any atom is 0.0635 e. The second kappa shape index (κ2) is 7.81. The van der Waals surface area contributed by atoms with Crippen LogP contribution in [0.3, 0.4) is 0 Å². The van der Waals surface area contributed by atoms with Crippen LogP contribution in [0.1, 0.15) is 39.5 Å². The number of ether oxygens (including phenoxy) is 1. The summed E-state index contributed by atoms with van der Waals surface area (Å²) >= 11 is 0. The molecular weight excluding hydrogens is 248 g/mol. The highest BCUT2D eigenvalue weighted by atomic mass is 16.5. The van der Waals surface area contributed by atoms with E-state index in [1.165, 1.54) is 19.3 Å². The van der Waals surface area contributed by atoms with Crippen molar-refractivity contribution in [2.45, 2.75) is 39.5 Å². The van der Waals surface area contributed by atoms with E-state index < -0.39 is 0 Å². The molecule has 0 amide bonds. The molecule has 0 saturated carbocycles. The first-order valence-electron chi connectivity index (χ1n) is 8.04. The second-order valence-electron chi connectivity index (χ2n) is 6.51. The van der Waals surface area contributed by atoms with Crippen molar-refractivity contribution in [3.05, 3.63) is 11.6 Å². The first-order chi connectivity index (χ1) is 9.70. The molecule has 1 aliphatic heterocycles. The summed E-state index contributed by atoms with van der Waals surface area (Å²) < 4.78 is 5.49. The number of allylic oxidation sites excluding steroid dienone is 1. The molecule has 0 aromatic rings. The highest BCUT2D eigenvalue weighted by Crippen LogP contribution is 2.31. The van der Waals surface area contributed by atoms with Gasteiger partial charge in [-0.3, -0.25) is 0 Å². The van der Waals surface area contributed by atoms with E-state index in [0.29, 0.717) is 18.3 Å². The Morgan fingerprint density at radius 3 is 2.90 bits per heavy atom. The van der Waals surface area contributed by atoms with E-state index in [-0.39, 0.29) is 0 Å². The third kappa shape index (κ3) is 4.33. The molecule has 1 heterocycles. The molecule has 0 N–H and O–H groups in total. The monoisotopic (exact) mass is 276 g/mol. The lowest BCUT2D eigenvalue weighted by atomic mass is 9.79. The Kier molecular flexibility index (Phi) is 6.06. The molecule has 0 radical (unpaired) electrons. The summed E-state index contributed by atoms with van der Waals surface area (Å²) in [5.41, 5.74) is 1.55. The molecule has 3 atom stereocenters. The van der Waals surface area contributed by atoms with Crippen molar-refractivity contribution in [2.75, 3.05) is 32.8 Å². The van der Waals surface area contributed by atoms with Crippen LogP contribution in [-0.2, 0) is 4.74 Å². The SMILES string of the molecule is CC1=CCC[C@H](C)[C@H]1CN(CCC#N)C[C@@H]1CCOC1. The lowest BCUT2D eigenvalue weighted by Gasteiger charge is -2.34. The Labute approximate surface area is 123 Å². The summed E-state index contributed by atoms with van der Waals surface area (Å²) in [6, 6.07) is 2.30. The predicted octanol–water partition coefficient (Wildman–Crippen LogP) is 3.23. The minimum Gasteiger partial charge on any atom is -0.381 e. The minimum atomic E-state index is 0.636. The zero-order valence-electron chi connectivity index (χ0n) is 13.0. The third-order valence-electron chi connectivity index (χ3n) is 4.90. The molecule has 20 heavy (non-hydrogen) atoms. The van der Waals surface area contributed by atoms with Crippen LogP contribution < -0.4 is 0 Å². The fourth-order valence-corrected chi connectivity index (χ4v) is 3.54. The van der Waals surface area contributed by atoms with Crippen LogP contribution in [0, 0.1) is 29.1 Å². The smallest absolute Gasteiger partial charge is 0.0635 e. The number of nitriles is 1. The van der Waals surface area contributed by atoms with E-state index in [4.69, 9.17) is 10.00 Å². The van der Waals surface area contributed by atoms with Crippen molar-refractivity contribution in [1.29, 1.82) is 5.26 Å². The molecule has 2 aliphatic rings. The molecule has 3 nitrogen and oxygen atoms in total. The maximum absolute atomic E-state index is 8.87. The standard InChI is InChI=1S/C17H28N2O/c1-14-5-3-6-15(2)17(14)12-19(9-4-8-18)11-16-7-10-20-13-16/h5,15-17H,3-4,6-7,9-13H2,1-2H3/t15-,16-,17-/m0/s1. The highest BCUT2D eigenvalue weighted by Gasteiger charge is 2.26. The highest BCUT2D eigenvalue weighted by molar-refractivity contribution is 5.09. The summed E-state index contributed by atoms with van der Waals surface area (Å²) in [7, 11) is 0. The lowest BCUT2D eigenvalue weighted by Crippen LogP contribution is -2.37. The fraction of sp³-hybridized carbons (Fsp3) is 0.824. The quantitative estimate of drug-likeness (QED) is 0.699. The molecule has 3 heteroatoms. The van der Waals surface area contributed by atoms with Crippen LogP contribution in [0.25, 0.3) is 0 Å². The average molecular weight is 276 g/mol. The van der Waals surface area contributed by atoms with Gasteiger partial charge in [0.2, 0.25) is 0 Å². The molecular formula is C17H28N2O. The van der Waals surface area contributed by atoms with Gasteiger partial charge in [-0.1, -0.05) is 18.6 Å². The van der Waals surface area contributed by atoms with Crippen molar-refractivity contribution in [2.24, 2.45) is 17.8 Å². The van der Waals surface area contributed by atoms with E-state index in [1.807, 2.05) is 0 Å². The molecule has 0 aromatic heterocycles. The van der Waals surface area contributed by atoms with Crippen LogP contribution in [0.15, 0.2) is 11.6 Å². The van der Waals surface area contributed by atoms with Crippen molar-refractivity contribution in [1.82, 2.24) is 4.90 Å². The van der Waals surface area contributed by atoms with E-state index in [2.05, 4.69) is 30.9 Å². The summed E-state index contributed by atoms with van der Waals surface area (Å²) in [4.78, 5) is 2.51. The Hall–Kier alpha value is -0.850. The van der Waals surface area contributed by atoms with E-state index in [0.717, 1.165) is 38.8 Å². The lowest BCUT2D eigenvalue weighted by molar-refractivity contribution is 0.153. The summed E-state index contributed by atoms with van der Waals surface area (Å²) in [6.45, 7) is 9.58. The van der Waals surface area contributed by atoms with Crippen LogP contribution in [0.2, 0.25) is 0 Å².